The molecule has 0 aliphatic rings. The molecule has 10 heteroatoms. The zero-order chi connectivity index (χ0) is 36.1. The number of nitrogen functional groups attached to an aromatic ring is 1. The molecule has 0 fully saturated rings. The molecule has 0 spiro atoms. The molecule has 4 aromatic carbocycles. The molecule has 6 rings (SSSR count). The van der Waals surface area contributed by atoms with E-state index in [4.69, 9.17) is 21.1 Å². The van der Waals surface area contributed by atoms with Crippen molar-refractivity contribution in [1.29, 1.82) is 5.41 Å². The number of anilines is 1. The van der Waals surface area contributed by atoms with E-state index in [9.17, 15) is 13.6 Å². The SMILES string of the molecule is CC.CC(C)(C)NC(=O)c1cn(C(c2ccccc2)(c2ccccc2)c2ccccc2)c2ncc(C(=N)c3cc(OC(F)F)ccc3N)nc12. The summed E-state index contributed by atoms with van der Waals surface area (Å²) in [4.78, 5) is 23.7. The number of amides is 1. The second-order valence-electron chi connectivity index (χ2n) is 12.4. The number of ether oxygens (including phenoxy) is 1. The van der Waals surface area contributed by atoms with Crippen molar-refractivity contribution in [3.05, 3.63) is 155 Å². The van der Waals surface area contributed by atoms with Gasteiger partial charge in [0.1, 0.15) is 22.5 Å². The number of rotatable bonds is 9. The van der Waals surface area contributed by atoms with Crippen molar-refractivity contribution in [2.45, 2.75) is 52.3 Å². The summed E-state index contributed by atoms with van der Waals surface area (Å²) < 4.78 is 32.5. The molecule has 0 aliphatic heterocycles. The Hall–Kier alpha value is -5.90. The van der Waals surface area contributed by atoms with E-state index >= 15 is 0 Å². The molecule has 0 radical (unpaired) electrons. The number of hydrogen-bond acceptors (Lipinski definition) is 6. The van der Waals surface area contributed by atoms with E-state index in [0.717, 1.165) is 16.7 Å². The molecule has 256 valence electrons. The summed E-state index contributed by atoms with van der Waals surface area (Å²) in [6.45, 7) is 6.61. The Labute approximate surface area is 290 Å². The van der Waals surface area contributed by atoms with Crippen LogP contribution in [0.1, 0.15) is 72.9 Å². The number of benzene rings is 4. The lowest BCUT2D eigenvalue weighted by molar-refractivity contribution is -0.0498. The molecule has 50 heavy (non-hydrogen) atoms. The highest BCUT2D eigenvalue weighted by molar-refractivity contribution is 6.14. The van der Waals surface area contributed by atoms with Crippen molar-refractivity contribution in [3.63, 3.8) is 0 Å². The van der Waals surface area contributed by atoms with Crippen molar-refractivity contribution in [1.82, 2.24) is 19.9 Å². The van der Waals surface area contributed by atoms with Gasteiger partial charge in [-0.15, -0.1) is 0 Å². The van der Waals surface area contributed by atoms with Gasteiger partial charge in [-0.3, -0.25) is 10.2 Å². The molecule has 0 bridgehead atoms. The largest absolute Gasteiger partial charge is 0.435 e. The normalized spacial score (nSPS) is 11.5. The zero-order valence-electron chi connectivity index (χ0n) is 28.6. The maximum atomic E-state index is 14.0. The van der Waals surface area contributed by atoms with Gasteiger partial charge in [0.25, 0.3) is 5.91 Å². The molecule has 0 aliphatic carbocycles. The smallest absolute Gasteiger partial charge is 0.387 e. The van der Waals surface area contributed by atoms with E-state index in [1.54, 1.807) is 6.20 Å². The summed E-state index contributed by atoms with van der Waals surface area (Å²) in [6, 6.07) is 33.8. The molecule has 1 amide bonds. The molecule has 0 saturated heterocycles. The predicted octanol–water partition coefficient (Wildman–Crippen LogP) is 8.43. The molecule has 0 saturated carbocycles. The average Bonchev–Trinajstić information content (AvgIpc) is 3.50. The molecule has 8 nitrogen and oxygen atoms in total. The lowest BCUT2D eigenvalue weighted by Crippen LogP contribution is -2.40. The molecule has 2 aromatic heterocycles. The Morgan fingerprint density at radius 3 is 1.84 bits per heavy atom. The quantitative estimate of drug-likeness (QED) is 0.0808. The van der Waals surface area contributed by atoms with Gasteiger partial charge in [0.2, 0.25) is 0 Å². The molecule has 0 unspecified atom stereocenters. The van der Waals surface area contributed by atoms with Gasteiger partial charge in [-0.25, -0.2) is 9.97 Å². The van der Waals surface area contributed by atoms with Crippen molar-refractivity contribution in [3.8, 4) is 5.75 Å². The Bertz CT molecular complexity index is 2000. The number of nitrogens with zero attached hydrogens (tertiary/aromatic N) is 3. The Morgan fingerprint density at radius 2 is 1.36 bits per heavy atom. The van der Waals surface area contributed by atoms with Crippen LogP contribution in [-0.2, 0) is 5.54 Å². The molecular weight excluding hydrogens is 634 g/mol. The number of carbonyl (C=O) groups is 1. The van der Waals surface area contributed by atoms with E-state index in [0.29, 0.717) is 5.65 Å². The monoisotopic (exact) mass is 674 g/mol. The fraction of sp³-hybridized carbons (Fsp3) is 0.200. The van der Waals surface area contributed by atoms with Crippen LogP contribution in [0.2, 0.25) is 0 Å². The number of aromatic nitrogens is 3. The lowest BCUT2D eigenvalue weighted by Gasteiger charge is -2.38. The van der Waals surface area contributed by atoms with Crippen LogP contribution < -0.4 is 15.8 Å². The van der Waals surface area contributed by atoms with Crippen molar-refractivity contribution in [2.24, 2.45) is 0 Å². The highest BCUT2D eigenvalue weighted by Gasteiger charge is 2.41. The predicted molar refractivity (Wildman–Crippen MR) is 194 cm³/mol. The molecule has 2 heterocycles. The summed E-state index contributed by atoms with van der Waals surface area (Å²) >= 11 is 0. The lowest BCUT2D eigenvalue weighted by atomic mass is 9.76. The number of fused-ring (bicyclic) bond motifs is 1. The van der Waals surface area contributed by atoms with Gasteiger partial charge in [0, 0.05) is 23.0 Å². The summed E-state index contributed by atoms with van der Waals surface area (Å²) in [5.41, 5.74) is 8.48. The van der Waals surface area contributed by atoms with Crippen molar-refractivity contribution < 1.29 is 18.3 Å². The maximum Gasteiger partial charge on any atom is 0.387 e. The fourth-order valence-corrected chi connectivity index (χ4v) is 5.96. The zero-order valence-corrected chi connectivity index (χ0v) is 28.6. The minimum absolute atomic E-state index is 0.0932. The summed E-state index contributed by atoms with van der Waals surface area (Å²) in [5, 5.41) is 12.0. The van der Waals surface area contributed by atoms with Gasteiger partial charge in [-0.05, 0) is 55.7 Å². The van der Waals surface area contributed by atoms with Crippen molar-refractivity contribution in [2.75, 3.05) is 5.73 Å². The number of nitrogens with two attached hydrogens (primary N) is 1. The van der Waals surface area contributed by atoms with Gasteiger partial charge in [0.15, 0.2) is 5.65 Å². The van der Waals surface area contributed by atoms with Gasteiger partial charge in [-0.2, -0.15) is 8.78 Å². The summed E-state index contributed by atoms with van der Waals surface area (Å²) in [7, 11) is 0. The Kier molecular flexibility index (Phi) is 10.4. The standard InChI is InChI=1S/C38H34F2N6O2.C2H6/c1-37(2,3)45-35(47)29-23-46(34-33(29)44-31(22-43-34)32(42)28-21-27(48-36(39)40)19-20-30(28)41)38(24-13-7-4-8-14-24,25-15-9-5-10-16-25)26-17-11-6-12-18-26;1-2/h4-23,36,42H,41H2,1-3H3,(H,45,47);1-2H3. The van der Waals surface area contributed by atoms with Crippen LogP contribution in [0.15, 0.2) is 122 Å². The number of alkyl halides is 2. The van der Waals surface area contributed by atoms with E-state index in [-0.39, 0.29) is 45.4 Å². The number of hydrogen-bond donors (Lipinski definition) is 3. The third kappa shape index (κ3) is 6.96. The van der Waals surface area contributed by atoms with Crippen LogP contribution in [0.3, 0.4) is 0 Å². The van der Waals surface area contributed by atoms with Gasteiger partial charge in [0.05, 0.1) is 17.5 Å². The average molecular weight is 675 g/mol. The fourth-order valence-electron chi connectivity index (χ4n) is 5.96. The van der Waals surface area contributed by atoms with Gasteiger partial charge >= 0.3 is 6.61 Å². The first kappa shape index (κ1) is 35.4. The van der Waals surface area contributed by atoms with Gasteiger partial charge in [-0.1, -0.05) is 105 Å². The number of halogens is 2. The third-order valence-corrected chi connectivity index (χ3v) is 7.94. The molecular formula is C40H40F2N6O2. The minimum atomic E-state index is -3.05. The Morgan fingerprint density at radius 1 is 0.840 bits per heavy atom. The van der Waals surface area contributed by atoms with E-state index in [1.807, 2.05) is 130 Å². The third-order valence-electron chi connectivity index (χ3n) is 7.94. The van der Waals surface area contributed by atoms with Crippen LogP contribution in [0.4, 0.5) is 14.5 Å². The van der Waals surface area contributed by atoms with Crippen LogP contribution in [0.5, 0.6) is 5.75 Å². The van der Waals surface area contributed by atoms with Crippen LogP contribution in [-0.4, -0.2) is 38.3 Å². The number of nitrogens with one attached hydrogen (secondary N) is 2. The van der Waals surface area contributed by atoms with E-state index in [1.165, 1.54) is 24.4 Å². The first-order valence-electron chi connectivity index (χ1n) is 16.3. The first-order valence-corrected chi connectivity index (χ1v) is 16.3. The first-order chi connectivity index (χ1) is 24.0. The second-order valence-corrected chi connectivity index (χ2v) is 12.4. The summed E-state index contributed by atoms with van der Waals surface area (Å²) in [6.07, 6.45) is 3.19. The maximum absolute atomic E-state index is 14.0. The topological polar surface area (TPSA) is 119 Å². The number of carbonyl (C=O) groups excluding carboxylic acids is 1. The van der Waals surface area contributed by atoms with Crippen molar-refractivity contribution >= 4 is 28.5 Å². The second kappa shape index (κ2) is 14.7. The van der Waals surface area contributed by atoms with Crippen LogP contribution in [0.25, 0.3) is 11.2 Å². The molecule has 6 aromatic rings. The molecule has 0 atom stereocenters. The summed E-state index contributed by atoms with van der Waals surface area (Å²) in [5.74, 6) is -0.526. The van der Waals surface area contributed by atoms with E-state index < -0.39 is 17.7 Å². The van der Waals surface area contributed by atoms with Gasteiger partial charge < -0.3 is 20.4 Å². The highest BCUT2D eigenvalue weighted by atomic mass is 19.3. The molecule has 4 N–H and O–H groups in total. The van der Waals surface area contributed by atoms with Crippen LogP contribution in [0, 0.1) is 5.41 Å². The Balaban J connectivity index is 0.00000239. The minimum Gasteiger partial charge on any atom is -0.435 e. The van der Waals surface area contributed by atoms with E-state index in [2.05, 4.69) is 10.1 Å². The highest BCUT2D eigenvalue weighted by Crippen LogP contribution is 2.43. The van der Waals surface area contributed by atoms with Crippen LogP contribution >= 0.6 is 0 Å².